The van der Waals surface area contributed by atoms with Crippen LogP contribution in [0.4, 0.5) is 45.1 Å². The molecule has 2 N–H and O–H groups in total. The molecule has 2 heterocycles. The molecule has 67 heavy (non-hydrogen) atoms. The lowest BCUT2D eigenvalue weighted by molar-refractivity contribution is -0.140. The summed E-state index contributed by atoms with van der Waals surface area (Å²) in [4.78, 5) is 11.0. The zero-order valence-electron chi connectivity index (χ0n) is 33.9. The van der Waals surface area contributed by atoms with Crippen molar-refractivity contribution in [2.45, 2.75) is 35.2 Å². The summed E-state index contributed by atoms with van der Waals surface area (Å²) in [6, 6.07) is 34.3. The summed E-state index contributed by atoms with van der Waals surface area (Å²) in [7, 11) is -8.51. The van der Waals surface area contributed by atoms with Crippen LogP contribution in [0, 0.1) is 23.0 Å². The fourth-order valence-electron chi connectivity index (χ4n) is 6.60. The molecule has 1 amide bonds. The van der Waals surface area contributed by atoms with E-state index in [0.29, 0.717) is 29.3 Å². The van der Waals surface area contributed by atoms with E-state index < -0.39 is 74.2 Å². The number of nitrogens with two attached hydrogens (primary N) is 1. The van der Waals surface area contributed by atoms with Crippen molar-refractivity contribution in [2.75, 3.05) is 8.61 Å². The Morgan fingerprint density at radius 1 is 0.567 bits per heavy atom. The molecule has 0 saturated carbocycles. The highest BCUT2D eigenvalue weighted by Crippen LogP contribution is 2.40. The van der Waals surface area contributed by atoms with Crippen molar-refractivity contribution in [1.82, 2.24) is 0 Å². The van der Waals surface area contributed by atoms with E-state index in [1.165, 1.54) is 48.5 Å². The van der Waals surface area contributed by atoms with Gasteiger partial charge < -0.3 is 5.73 Å². The smallest absolute Gasteiger partial charge is 0.366 e. The van der Waals surface area contributed by atoms with E-state index in [1.54, 1.807) is 60.7 Å². The van der Waals surface area contributed by atoms with Crippen molar-refractivity contribution in [2.24, 2.45) is 5.73 Å². The molecule has 9 nitrogen and oxygen atoms in total. The average Bonchev–Trinajstić information content (AvgIpc) is 3.92. The number of sulfonamides is 2. The predicted molar refractivity (Wildman–Crippen MR) is 239 cm³/mol. The first-order valence-corrected chi connectivity index (χ1v) is 23.7. The van der Waals surface area contributed by atoms with Gasteiger partial charge in [0.2, 0.25) is 5.91 Å². The summed E-state index contributed by atoms with van der Waals surface area (Å²) < 4.78 is 165. The monoisotopic (exact) mass is 998 g/mol. The van der Waals surface area contributed by atoms with Crippen LogP contribution in [0.3, 0.4) is 0 Å². The SMILES string of the molecule is N#Cc1ccc(S(=O)(=O)N(Cc2ccc(F)c(C(F)(F)F)c2)c2cc3ccccc3s2)cc1.NC(=O)c1ccc(S(=O)(=O)N(Cc2ccc(F)c(C(F)(F)F)c2)c2cc3ccccc3s2)cc1. The topological polar surface area (TPSA) is 142 Å². The maximum atomic E-state index is 13.8. The fourth-order valence-corrected chi connectivity index (χ4v) is 12.0. The van der Waals surface area contributed by atoms with Crippen LogP contribution in [0.2, 0.25) is 0 Å². The van der Waals surface area contributed by atoms with Crippen LogP contribution >= 0.6 is 22.7 Å². The van der Waals surface area contributed by atoms with E-state index in [0.717, 1.165) is 63.6 Å². The predicted octanol–water partition coefficient (Wildman–Crippen LogP) is 11.9. The Bertz CT molecular complexity index is 3340. The van der Waals surface area contributed by atoms with E-state index in [2.05, 4.69) is 0 Å². The molecule has 8 rings (SSSR count). The van der Waals surface area contributed by atoms with E-state index in [-0.39, 0.29) is 37.0 Å². The summed E-state index contributed by atoms with van der Waals surface area (Å²) in [5.41, 5.74) is 2.54. The van der Waals surface area contributed by atoms with Gasteiger partial charge in [-0.25, -0.2) is 25.6 Å². The fraction of sp³-hybridized carbons (Fsp3) is 0.0870. The van der Waals surface area contributed by atoms with Gasteiger partial charge in [0.25, 0.3) is 20.0 Å². The van der Waals surface area contributed by atoms with Gasteiger partial charge in [0.1, 0.15) is 21.6 Å². The first kappa shape index (κ1) is 48.1. The molecule has 2 aromatic heterocycles. The quantitative estimate of drug-likeness (QED) is 0.128. The van der Waals surface area contributed by atoms with E-state index in [4.69, 9.17) is 11.0 Å². The van der Waals surface area contributed by atoms with Crippen LogP contribution < -0.4 is 14.3 Å². The minimum atomic E-state index is -4.94. The van der Waals surface area contributed by atoms with Crippen molar-refractivity contribution < 1.29 is 56.8 Å². The molecule has 0 fully saturated rings. The zero-order valence-corrected chi connectivity index (χ0v) is 37.2. The molecule has 344 valence electrons. The second kappa shape index (κ2) is 18.8. The number of carbonyl (C=O) groups is 1. The Morgan fingerprint density at radius 2 is 0.955 bits per heavy atom. The highest BCUT2D eigenvalue weighted by molar-refractivity contribution is 7.93. The lowest BCUT2D eigenvalue weighted by Crippen LogP contribution is -2.30. The van der Waals surface area contributed by atoms with Gasteiger partial charge in [0.15, 0.2) is 0 Å². The van der Waals surface area contributed by atoms with Gasteiger partial charge in [0, 0.05) is 15.0 Å². The lowest BCUT2D eigenvalue weighted by Gasteiger charge is -2.23. The van der Waals surface area contributed by atoms with Gasteiger partial charge in [-0.05, 0) is 119 Å². The second-order valence-corrected chi connectivity index (χ2v) is 20.3. The van der Waals surface area contributed by atoms with Gasteiger partial charge in [-0.3, -0.25) is 13.4 Å². The molecule has 21 heteroatoms. The Kier molecular flexibility index (Phi) is 13.5. The van der Waals surface area contributed by atoms with Crippen LogP contribution in [-0.4, -0.2) is 22.7 Å². The molecule has 0 unspecified atom stereocenters. The number of hydrogen-bond donors (Lipinski definition) is 1. The number of nitrogens with zero attached hydrogens (tertiary/aromatic N) is 3. The van der Waals surface area contributed by atoms with Crippen LogP contribution in [-0.2, 0) is 45.5 Å². The van der Waals surface area contributed by atoms with Crippen LogP contribution in [0.1, 0.15) is 38.2 Å². The maximum absolute atomic E-state index is 13.8. The van der Waals surface area contributed by atoms with Gasteiger partial charge >= 0.3 is 12.4 Å². The summed E-state index contributed by atoms with van der Waals surface area (Å²) in [6.45, 7) is -0.922. The van der Waals surface area contributed by atoms with E-state index in [9.17, 15) is 56.8 Å². The van der Waals surface area contributed by atoms with Crippen LogP contribution in [0.15, 0.2) is 155 Å². The number of fused-ring (bicyclic) bond motifs is 2. The molecule has 0 spiro atoms. The summed E-state index contributed by atoms with van der Waals surface area (Å²) >= 11 is 2.31. The number of rotatable bonds is 11. The van der Waals surface area contributed by atoms with E-state index >= 15 is 0 Å². The average molecular weight is 999 g/mol. The molecule has 0 radical (unpaired) electrons. The summed E-state index contributed by atoms with van der Waals surface area (Å²) in [5.74, 6) is -3.62. The minimum absolute atomic E-state index is 0.0293. The molecule has 0 aliphatic heterocycles. The highest BCUT2D eigenvalue weighted by atomic mass is 32.2. The third kappa shape index (κ3) is 10.6. The van der Waals surface area contributed by atoms with Crippen LogP contribution in [0.25, 0.3) is 20.2 Å². The molecule has 0 aliphatic carbocycles. The number of thiophene rings is 2. The van der Waals surface area contributed by atoms with Crippen molar-refractivity contribution >= 4 is 78.8 Å². The number of amides is 1. The van der Waals surface area contributed by atoms with Crippen molar-refractivity contribution in [3.05, 3.63) is 191 Å². The maximum Gasteiger partial charge on any atom is 0.419 e. The number of alkyl halides is 6. The Hall–Kier alpha value is -6.86. The summed E-state index contributed by atoms with van der Waals surface area (Å²) in [6.07, 6.45) is -9.86. The van der Waals surface area contributed by atoms with Crippen molar-refractivity contribution in [3.63, 3.8) is 0 Å². The summed E-state index contributed by atoms with van der Waals surface area (Å²) in [5, 5.41) is 11.1. The first-order valence-electron chi connectivity index (χ1n) is 19.2. The second-order valence-electron chi connectivity index (χ2n) is 14.4. The minimum Gasteiger partial charge on any atom is -0.366 e. The largest absolute Gasteiger partial charge is 0.419 e. The number of nitriles is 1. The van der Waals surface area contributed by atoms with Gasteiger partial charge in [-0.1, -0.05) is 48.5 Å². The number of halogens is 8. The van der Waals surface area contributed by atoms with Crippen molar-refractivity contribution in [1.29, 1.82) is 5.26 Å². The number of hydrogen-bond acceptors (Lipinski definition) is 8. The molecule has 0 aliphatic rings. The third-order valence-corrected chi connectivity index (χ3v) is 16.0. The molecule has 6 aromatic carbocycles. The molecule has 8 aromatic rings. The van der Waals surface area contributed by atoms with E-state index in [1.807, 2.05) is 6.07 Å². The van der Waals surface area contributed by atoms with Gasteiger partial charge in [-0.15, -0.1) is 22.7 Å². The number of carbonyl (C=O) groups excluding carboxylic acids is 1. The molecule has 0 saturated heterocycles. The molecule has 0 atom stereocenters. The molecule has 0 bridgehead atoms. The van der Waals surface area contributed by atoms with Crippen LogP contribution in [0.5, 0.6) is 0 Å². The Balaban J connectivity index is 0.000000199. The highest BCUT2D eigenvalue weighted by Gasteiger charge is 2.36. The third-order valence-electron chi connectivity index (χ3n) is 9.94. The Morgan fingerprint density at radius 3 is 1.31 bits per heavy atom. The standard InChI is InChI=1S/C23H16F4N2O3S2.C23H14F4N2O2S2/c24-19-10-5-14(11-18(19)23(25,26)27)13-29(21-12-16-3-1-2-4-20(16)33-21)34(31,32)17-8-6-15(7-9-17)22(28)30;24-20-10-7-16(11-19(20)23(25,26)27)14-29(22-12-17-3-1-2-4-21(17)32-22)33(30,31)18-8-5-15(13-28)6-9-18/h1-12H,13H2,(H2,28,30);1-12H,14H2. The number of benzene rings is 6. The number of primary amides is 1. The molecular formula is C46H30F8N4O5S4. The zero-order chi connectivity index (χ0) is 48.5. The lowest BCUT2D eigenvalue weighted by atomic mass is 10.1. The van der Waals surface area contributed by atoms with Crippen molar-refractivity contribution in [3.8, 4) is 6.07 Å². The molecular weight excluding hydrogens is 969 g/mol. The van der Waals surface area contributed by atoms with Gasteiger partial charge in [-0.2, -0.15) is 31.6 Å². The Labute approximate surface area is 385 Å². The first-order chi connectivity index (χ1) is 31.6. The number of anilines is 2. The van der Waals surface area contributed by atoms with Gasteiger partial charge in [0.05, 0.1) is 45.6 Å². The normalized spacial score (nSPS) is 12.0.